The first-order valence-corrected chi connectivity index (χ1v) is 7.39. The summed E-state index contributed by atoms with van der Waals surface area (Å²) in [6.45, 7) is 3.23. The molecule has 1 N–H and O–H groups in total. The lowest BCUT2D eigenvalue weighted by atomic mass is 10.2. The third-order valence-corrected chi connectivity index (χ3v) is 2.84. The van der Waals surface area contributed by atoms with E-state index in [4.69, 9.17) is 4.74 Å². The fraction of sp³-hybridized carbons (Fsp3) is 0.500. The Kier molecular flexibility index (Phi) is 6.07. The first-order chi connectivity index (χ1) is 10.7. The van der Waals surface area contributed by atoms with Gasteiger partial charge in [-0.3, -0.25) is 0 Å². The molecule has 0 aromatic heterocycles. The quantitative estimate of drug-likeness (QED) is 0.701. The number of ether oxygens (including phenoxy) is 2. The van der Waals surface area contributed by atoms with E-state index in [1.807, 2.05) is 0 Å². The maximum absolute atomic E-state index is 13.7. The Morgan fingerprint density at radius 2 is 1.75 bits per heavy atom. The molecule has 1 aromatic carbocycles. The van der Waals surface area contributed by atoms with Crippen LogP contribution in [0.15, 0.2) is 22.7 Å². The number of amides is 1. The molecule has 0 spiro atoms. The summed E-state index contributed by atoms with van der Waals surface area (Å²) in [5.74, 6) is -1.05. The van der Waals surface area contributed by atoms with Gasteiger partial charge in [0.15, 0.2) is 0 Å². The normalized spacial score (nSPS) is 12.7. The minimum absolute atomic E-state index is 0.0531. The van der Waals surface area contributed by atoms with Crippen molar-refractivity contribution in [2.45, 2.75) is 38.7 Å². The summed E-state index contributed by atoms with van der Waals surface area (Å²) in [5, 5.41) is 1.74. The Hall–Kier alpha value is -1.58. The molecule has 1 amide bonds. The molecule has 136 valence electrons. The minimum atomic E-state index is -4.88. The second-order valence-corrected chi connectivity index (χ2v) is 6.65. The second kappa shape index (κ2) is 7.12. The monoisotopic (exact) mass is 419 g/mol. The Labute approximate surface area is 143 Å². The van der Waals surface area contributed by atoms with Gasteiger partial charge in [-0.25, -0.2) is 4.79 Å². The number of rotatable bonds is 4. The third-order valence-electron chi connectivity index (χ3n) is 2.34. The maximum atomic E-state index is 13.7. The molecule has 1 aromatic rings. The van der Waals surface area contributed by atoms with Crippen molar-refractivity contribution >= 4 is 22.0 Å². The fourth-order valence-corrected chi connectivity index (χ4v) is 1.86. The maximum Gasteiger partial charge on any atom is 0.420 e. The van der Waals surface area contributed by atoms with Crippen molar-refractivity contribution < 1.29 is 36.2 Å². The van der Waals surface area contributed by atoms with E-state index >= 15 is 0 Å². The lowest BCUT2D eigenvalue weighted by molar-refractivity contribution is -0.178. The van der Waals surface area contributed by atoms with Gasteiger partial charge in [-0.05, 0) is 39.0 Å². The van der Waals surface area contributed by atoms with Gasteiger partial charge in [-0.1, -0.05) is 15.9 Å². The van der Waals surface area contributed by atoms with Crippen LogP contribution in [0, 0.1) is 0 Å². The molecule has 0 aliphatic heterocycles. The van der Waals surface area contributed by atoms with E-state index in [-0.39, 0.29) is 4.47 Å². The number of halogens is 6. The SMILES string of the molecule is CC(C)(C)OC(=O)NCC(F)(F)Oc1ccc(Br)cc1C(F)(F)F. The number of alkyl carbamates (subject to hydrolysis) is 1. The van der Waals surface area contributed by atoms with Gasteiger partial charge in [0.1, 0.15) is 17.9 Å². The highest BCUT2D eigenvalue weighted by molar-refractivity contribution is 9.10. The molecule has 0 radical (unpaired) electrons. The van der Waals surface area contributed by atoms with Crippen LogP contribution >= 0.6 is 15.9 Å². The molecule has 24 heavy (non-hydrogen) atoms. The van der Waals surface area contributed by atoms with E-state index in [9.17, 15) is 26.7 Å². The van der Waals surface area contributed by atoms with Crippen molar-refractivity contribution in [1.29, 1.82) is 0 Å². The van der Waals surface area contributed by atoms with Crippen LogP contribution in [0.1, 0.15) is 26.3 Å². The molecule has 0 aliphatic carbocycles. The van der Waals surface area contributed by atoms with Gasteiger partial charge in [0.05, 0.1) is 5.56 Å². The molecule has 0 fully saturated rings. The van der Waals surface area contributed by atoms with Gasteiger partial charge >= 0.3 is 18.4 Å². The number of hydrogen-bond acceptors (Lipinski definition) is 3. The van der Waals surface area contributed by atoms with E-state index < -0.39 is 41.8 Å². The lowest BCUT2D eigenvalue weighted by Crippen LogP contribution is -2.42. The Bertz CT molecular complexity index is 599. The summed E-state index contributed by atoms with van der Waals surface area (Å²) in [4.78, 5) is 11.3. The standard InChI is InChI=1S/C14H15BrF5NO3/c1-12(2,3)24-11(22)21-7-13(16,17)23-10-5-4-8(15)6-9(10)14(18,19)20/h4-6H,7H2,1-3H3,(H,21,22). The second-order valence-electron chi connectivity index (χ2n) is 5.73. The van der Waals surface area contributed by atoms with E-state index in [2.05, 4.69) is 20.7 Å². The molecule has 0 unspecified atom stereocenters. The third kappa shape index (κ3) is 6.90. The highest BCUT2D eigenvalue weighted by atomic mass is 79.9. The summed E-state index contributed by atoms with van der Waals surface area (Å²) in [7, 11) is 0. The largest absolute Gasteiger partial charge is 0.444 e. The van der Waals surface area contributed by atoms with Crippen molar-refractivity contribution in [3.8, 4) is 5.75 Å². The molecule has 1 rings (SSSR count). The van der Waals surface area contributed by atoms with Gasteiger partial charge in [0.2, 0.25) is 0 Å². The fourth-order valence-electron chi connectivity index (χ4n) is 1.50. The van der Waals surface area contributed by atoms with Crippen LogP contribution in [-0.2, 0) is 10.9 Å². The smallest absolute Gasteiger partial charge is 0.420 e. The molecule has 4 nitrogen and oxygen atoms in total. The van der Waals surface area contributed by atoms with E-state index in [0.717, 1.165) is 12.1 Å². The molecule has 0 saturated carbocycles. The van der Waals surface area contributed by atoms with Crippen molar-refractivity contribution in [3.05, 3.63) is 28.2 Å². The topological polar surface area (TPSA) is 47.6 Å². The summed E-state index contributed by atoms with van der Waals surface area (Å²) < 4.78 is 75.0. The molecular weight excluding hydrogens is 405 g/mol. The van der Waals surface area contributed by atoms with Crippen molar-refractivity contribution in [3.63, 3.8) is 0 Å². The zero-order valence-corrected chi connectivity index (χ0v) is 14.5. The number of carbonyl (C=O) groups is 1. The van der Waals surface area contributed by atoms with Gasteiger partial charge in [0.25, 0.3) is 0 Å². The highest BCUT2D eigenvalue weighted by Crippen LogP contribution is 2.39. The highest BCUT2D eigenvalue weighted by Gasteiger charge is 2.39. The number of benzene rings is 1. The van der Waals surface area contributed by atoms with Gasteiger partial charge in [0, 0.05) is 4.47 Å². The molecule has 0 bridgehead atoms. The minimum Gasteiger partial charge on any atom is -0.444 e. The summed E-state index contributed by atoms with van der Waals surface area (Å²) in [6, 6.07) is 2.50. The van der Waals surface area contributed by atoms with Crippen LogP contribution in [-0.4, -0.2) is 24.3 Å². The Morgan fingerprint density at radius 1 is 1.17 bits per heavy atom. The predicted octanol–water partition coefficient (Wildman–Crippen LogP) is 4.96. The number of alkyl halides is 5. The zero-order valence-electron chi connectivity index (χ0n) is 12.9. The van der Waals surface area contributed by atoms with Gasteiger partial charge < -0.3 is 14.8 Å². The molecule has 0 atom stereocenters. The molecule has 10 heteroatoms. The average molecular weight is 420 g/mol. The molecular formula is C14H15BrF5NO3. The van der Waals surface area contributed by atoms with Crippen LogP contribution < -0.4 is 10.1 Å². The summed E-state index contributed by atoms with van der Waals surface area (Å²) in [5.41, 5.74) is -2.27. The van der Waals surface area contributed by atoms with Crippen LogP contribution in [0.5, 0.6) is 5.75 Å². The first-order valence-electron chi connectivity index (χ1n) is 6.60. The number of hydrogen-bond donors (Lipinski definition) is 1. The van der Waals surface area contributed by atoms with Crippen LogP contribution in [0.25, 0.3) is 0 Å². The summed E-state index contributed by atoms with van der Waals surface area (Å²) >= 11 is 2.83. The first kappa shape index (κ1) is 20.5. The van der Waals surface area contributed by atoms with E-state index in [0.29, 0.717) is 6.07 Å². The van der Waals surface area contributed by atoms with Gasteiger partial charge in [-0.15, -0.1) is 0 Å². The lowest BCUT2D eigenvalue weighted by Gasteiger charge is -2.23. The van der Waals surface area contributed by atoms with E-state index in [1.54, 1.807) is 5.32 Å². The average Bonchev–Trinajstić information content (AvgIpc) is 2.35. The van der Waals surface area contributed by atoms with Crippen LogP contribution in [0.2, 0.25) is 0 Å². The van der Waals surface area contributed by atoms with Crippen molar-refractivity contribution in [2.24, 2.45) is 0 Å². The predicted molar refractivity (Wildman–Crippen MR) is 79.0 cm³/mol. The van der Waals surface area contributed by atoms with Crippen molar-refractivity contribution in [1.82, 2.24) is 5.32 Å². The zero-order chi connectivity index (χ0) is 18.8. The van der Waals surface area contributed by atoms with Gasteiger partial charge in [-0.2, -0.15) is 22.0 Å². The molecule has 0 aliphatic rings. The van der Waals surface area contributed by atoms with E-state index in [1.165, 1.54) is 20.8 Å². The summed E-state index contributed by atoms with van der Waals surface area (Å²) in [6.07, 6.45) is -10.1. The number of carbonyl (C=O) groups excluding carboxylic acids is 1. The number of nitrogens with one attached hydrogen (secondary N) is 1. The van der Waals surface area contributed by atoms with Crippen LogP contribution in [0.4, 0.5) is 26.7 Å². The molecule has 0 saturated heterocycles. The van der Waals surface area contributed by atoms with Crippen LogP contribution in [0.3, 0.4) is 0 Å². The Balaban J connectivity index is 2.83. The Morgan fingerprint density at radius 3 is 2.25 bits per heavy atom. The molecule has 0 heterocycles. The van der Waals surface area contributed by atoms with Crippen molar-refractivity contribution in [2.75, 3.05) is 6.54 Å².